The van der Waals surface area contributed by atoms with Crippen molar-refractivity contribution < 1.29 is 14.3 Å². The number of aromatic nitrogens is 2. The summed E-state index contributed by atoms with van der Waals surface area (Å²) in [5, 5.41) is 2.93. The molecule has 1 N–H and O–H groups in total. The average Bonchev–Trinajstić information content (AvgIpc) is 2.98. The lowest BCUT2D eigenvalue weighted by Gasteiger charge is -2.20. The predicted octanol–water partition coefficient (Wildman–Crippen LogP) is 4.85. The van der Waals surface area contributed by atoms with Crippen LogP contribution in [0.3, 0.4) is 0 Å². The minimum absolute atomic E-state index is 0.0607. The Hall–Kier alpha value is -3.06. The van der Waals surface area contributed by atoms with Crippen molar-refractivity contribution in [1.82, 2.24) is 14.5 Å². The summed E-state index contributed by atoms with van der Waals surface area (Å²) in [7, 11) is 1.61. The summed E-state index contributed by atoms with van der Waals surface area (Å²) in [6.45, 7) is 6.25. The molecule has 1 fully saturated rings. The Labute approximate surface area is 195 Å². The van der Waals surface area contributed by atoms with Gasteiger partial charge in [-0.3, -0.25) is 9.69 Å². The summed E-state index contributed by atoms with van der Waals surface area (Å²) in [4.78, 5) is 19.9. The molecule has 3 aromatic rings. The highest BCUT2D eigenvalue weighted by atomic mass is 16.5. The molecule has 0 radical (unpaired) electrons. The van der Waals surface area contributed by atoms with E-state index in [4.69, 9.17) is 14.5 Å². The maximum atomic E-state index is 12.4. The highest BCUT2D eigenvalue weighted by molar-refractivity contribution is 5.94. The van der Waals surface area contributed by atoms with Gasteiger partial charge in [0.1, 0.15) is 17.3 Å². The Bertz CT molecular complexity index is 1050. The molecule has 7 nitrogen and oxygen atoms in total. The Morgan fingerprint density at radius 1 is 1.03 bits per heavy atom. The van der Waals surface area contributed by atoms with Gasteiger partial charge in [0.05, 0.1) is 24.7 Å². The zero-order valence-electron chi connectivity index (χ0n) is 19.7. The minimum atomic E-state index is -0.206. The number of nitrogens with one attached hydrogen (secondary N) is 1. The van der Waals surface area contributed by atoms with Crippen LogP contribution in [0.4, 0.5) is 5.69 Å². The van der Waals surface area contributed by atoms with Gasteiger partial charge in [-0.25, -0.2) is 4.98 Å². The number of amides is 1. The number of nitrogens with zero attached hydrogens (tertiary/aromatic N) is 3. The van der Waals surface area contributed by atoms with Crippen LogP contribution in [0, 0.1) is 0 Å². The van der Waals surface area contributed by atoms with E-state index in [-0.39, 0.29) is 12.5 Å². The molecule has 0 unspecified atom stereocenters. The molecule has 0 aliphatic carbocycles. The molecule has 176 valence electrons. The van der Waals surface area contributed by atoms with Crippen molar-refractivity contribution in [3.63, 3.8) is 0 Å². The van der Waals surface area contributed by atoms with Crippen LogP contribution in [0.25, 0.3) is 11.0 Å². The lowest BCUT2D eigenvalue weighted by molar-refractivity contribution is -0.118. The van der Waals surface area contributed by atoms with Gasteiger partial charge in [0, 0.05) is 12.2 Å². The van der Waals surface area contributed by atoms with Crippen LogP contribution >= 0.6 is 0 Å². The van der Waals surface area contributed by atoms with Gasteiger partial charge in [-0.2, -0.15) is 0 Å². The van der Waals surface area contributed by atoms with Gasteiger partial charge in [-0.15, -0.1) is 0 Å². The zero-order valence-corrected chi connectivity index (χ0v) is 19.7. The highest BCUT2D eigenvalue weighted by Gasteiger charge is 2.16. The number of imidazole rings is 1. The second-order valence-corrected chi connectivity index (χ2v) is 8.59. The number of anilines is 1. The summed E-state index contributed by atoms with van der Waals surface area (Å²) in [5.74, 6) is 2.28. The van der Waals surface area contributed by atoms with Gasteiger partial charge >= 0.3 is 0 Å². The third kappa shape index (κ3) is 6.05. The maximum Gasteiger partial charge on any atom is 0.262 e. The number of likely N-dealkylation sites (tertiary alicyclic amines) is 1. The molecular weight excluding hydrogens is 416 g/mol. The molecule has 4 rings (SSSR count). The predicted molar refractivity (Wildman–Crippen MR) is 131 cm³/mol. The van der Waals surface area contributed by atoms with Crippen molar-refractivity contribution in [1.29, 1.82) is 0 Å². The van der Waals surface area contributed by atoms with Crippen molar-refractivity contribution >= 4 is 22.6 Å². The molecule has 0 spiro atoms. The fraction of sp³-hybridized carbons (Fsp3) is 0.462. The number of carbonyl (C=O) groups excluding carboxylic acids is 1. The third-order valence-electron chi connectivity index (χ3n) is 6.05. The van der Waals surface area contributed by atoms with Crippen molar-refractivity contribution in [2.24, 2.45) is 0 Å². The average molecular weight is 451 g/mol. The van der Waals surface area contributed by atoms with Crippen molar-refractivity contribution in [3.8, 4) is 11.5 Å². The van der Waals surface area contributed by atoms with Crippen LogP contribution in [0.2, 0.25) is 0 Å². The number of ether oxygens (including phenoxy) is 2. The molecule has 1 saturated heterocycles. The van der Waals surface area contributed by atoms with E-state index < -0.39 is 0 Å². The maximum absolute atomic E-state index is 12.4. The molecule has 1 amide bonds. The molecular formula is C26H34N4O3. The monoisotopic (exact) mass is 450 g/mol. The van der Waals surface area contributed by atoms with E-state index in [1.165, 1.54) is 25.7 Å². The number of aryl methyl sites for hydroxylation is 1. The minimum Gasteiger partial charge on any atom is -0.497 e. The fourth-order valence-corrected chi connectivity index (χ4v) is 4.36. The SMILES string of the molecule is CCCn1c(CN2CCCCCC2)nc2cc(NC(=O)COc3ccc(OC)cc3)ccc21. The van der Waals surface area contributed by atoms with Crippen LogP contribution in [-0.2, 0) is 17.9 Å². The Morgan fingerprint density at radius 2 is 1.76 bits per heavy atom. The fourth-order valence-electron chi connectivity index (χ4n) is 4.36. The van der Waals surface area contributed by atoms with E-state index in [9.17, 15) is 4.79 Å². The Balaban J connectivity index is 1.43. The zero-order chi connectivity index (χ0) is 23.0. The second kappa shape index (κ2) is 11.2. The Morgan fingerprint density at radius 3 is 2.45 bits per heavy atom. The molecule has 0 saturated carbocycles. The first-order valence-electron chi connectivity index (χ1n) is 11.9. The van der Waals surface area contributed by atoms with Crippen molar-refractivity contribution in [2.75, 3.05) is 32.1 Å². The number of hydrogen-bond acceptors (Lipinski definition) is 5. The lowest BCUT2D eigenvalue weighted by Crippen LogP contribution is -2.26. The summed E-state index contributed by atoms with van der Waals surface area (Å²) in [5.41, 5.74) is 2.77. The van der Waals surface area contributed by atoms with Gasteiger partial charge in [-0.1, -0.05) is 19.8 Å². The standard InChI is InChI=1S/C26H34N4O3/c1-3-14-30-24-13-8-20(27-26(31)19-33-22-11-9-21(32-2)10-12-22)17-23(24)28-25(30)18-29-15-6-4-5-7-16-29/h8-13,17H,3-7,14-16,18-19H2,1-2H3,(H,27,31). The van der Waals surface area contributed by atoms with E-state index in [1.807, 2.05) is 12.1 Å². The highest BCUT2D eigenvalue weighted by Crippen LogP contribution is 2.23. The number of fused-ring (bicyclic) bond motifs is 1. The summed E-state index contributed by atoms with van der Waals surface area (Å²) in [6.07, 6.45) is 6.24. The van der Waals surface area contributed by atoms with Gasteiger partial charge in [0.25, 0.3) is 5.91 Å². The number of methoxy groups -OCH3 is 1. The first-order chi connectivity index (χ1) is 16.2. The smallest absolute Gasteiger partial charge is 0.262 e. The molecule has 1 aromatic heterocycles. The van der Waals surface area contributed by atoms with Crippen molar-refractivity contribution in [2.45, 2.75) is 52.1 Å². The van der Waals surface area contributed by atoms with Gasteiger partial charge in [0.2, 0.25) is 0 Å². The first kappa shape index (κ1) is 23.1. The summed E-state index contributed by atoms with van der Waals surface area (Å²) in [6, 6.07) is 13.1. The van der Waals surface area contributed by atoms with E-state index in [2.05, 4.69) is 27.8 Å². The molecule has 2 heterocycles. The second-order valence-electron chi connectivity index (χ2n) is 8.59. The summed E-state index contributed by atoms with van der Waals surface area (Å²) >= 11 is 0. The molecule has 33 heavy (non-hydrogen) atoms. The van der Waals surface area contributed by atoms with Gasteiger partial charge in [0.15, 0.2) is 6.61 Å². The van der Waals surface area contributed by atoms with Crippen molar-refractivity contribution in [3.05, 3.63) is 48.3 Å². The molecule has 7 heteroatoms. The van der Waals surface area contributed by atoms with E-state index >= 15 is 0 Å². The topological polar surface area (TPSA) is 68.6 Å². The normalized spacial score (nSPS) is 14.7. The van der Waals surface area contributed by atoms with Gasteiger partial charge in [-0.05, 0) is 74.8 Å². The number of rotatable bonds is 9. The quantitative estimate of drug-likeness (QED) is 0.505. The van der Waals surface area contributed by atoms with Crippen LogP contribution in [0.15, 0.2) is 42.5 Å². The lowest BCUT2D eigenvalue weighted by atomic mass is 10.2. The summed E-state index contributed by atoms with van der Waals surface area (Å²) < 4.78 is 13.1. The van der Waals surface area contributed by atoms with E-state index in [0.29, 0.717) is 5.75 Å². The van der Waals surface area contributed by atoms with Gasteiger partial charge < -0.3 is 19.4 Å². The molecule has 2 aromatic carbocycles. The largest absolute Gasteiger partial charge is 0.497 e. The van der Waals surface area contributed by atoms with Crippen LogP contribution in [-0.4, -0.2) is 47.2 Å². The molecule has 0 bridgehead atoms. The number of carbonyl (C=O) groups is 1. The van der Waals surface area contributed by atoms with Crippen LogP contribution < -0.4 is 14.8 Å². The van der Waals surface area contributed by atoms with E-state index in [0.717, 1.165) is 60.9 Å². The van der Waals surface area contributed by atoms with E-state index in [1.54, 1.807) is 31.4 Å². The number of benzene rings is 2. The Kier molecular flexibility index (Phi) is 7.83. The van der Waals surface area contributed by atoms with Crippen LogP contribution in [0.1, 0.15) is 44.9 Å². The molecule has 1 aliphatic heterocycles. The molecule has 0 atom stereocenters. The van der Waals surface area contributed by atoms with Crippen LogP contribution in [0.5, 0.6) is 11.5 Å². The molecule has 1 aliphatic rings. The third-order valence-corrected chi connectivity index (χ3v) is 6.05. The first-order valence-corrected chi connectivity index (χ1v) is 11.9. The number of hydrogen-bond donors (Lipinski definition) is 1.